The van der Waals surface area contributed by atoms with Gasteiger partial charge in [0.15, 0.2) is 17.3 Å². The van der Waals surface area contributed by atoms with Crippen molar-refractivity contribution in [1.29, 1.82) is 0 Å². The Bertz CT molecular complexity index is 404. The average Bonchev–Trinajstić information content (AvgIpc) is 2.31. The van der Waals surface area contributed by atoms with Gasteiger partial charge in [0.05, 0.1) is 13.7 Å². The number of aryl methyl sites for hydroxylation is 1. The summed E-state index contributed by atoms with van der Waals surface area (Å²) >= 11 is 0. The molecular formula is C12H15FO4. The number of esters is 1. The van der Waals surface area contributed by atoms with Crippen LogP contribution in [0.15, 0.2) is 12.1 Å². The maximum absolute atomic E-state index is 13.3. The van der Waals surface area contributed by atoms with Gasteiger partial charge in [-0.25, -0.2) is 4.39 Å². The van der Waals surface area contributed by atoms with Crippen molar-refractivity contribution in [3.8, 4) is 11.5 Å². The lowest BCUT2D eigenvalue weighted by atomic mass is 10.1. The number of carbonyl (C=O) groups excluding carboxylic acids is 1. The molecule has 0 atom stereocenters. The fourth-order valence-electron chi connectivity index (χ4n) is 1.41. The summed E-state index contributed by atoms with van der Waals surface area (Å²) in [6.07, 6.45) is 0.508. The quantitative estimate of drug-likeness (QED) is 0.803. The number of phenols is 1. The molecule has 0 radical (unpaired) electrons. The summed E-state index contributed by atoms with van der Waals surface area (Å²) in [4.78, 5) is 11.1. The second kappa shape index (κ2) is 6.08. The van der Waals surface area contributed by atoms with Gasteiger partial charge in [-0.05, 0) is 31.0 Å². The number of hydrogen-bond acceptors (Lipinski definition) is 4. The summed E-state index contributed by atoms with van der Waals surface area (Å²) < 4.78 is 22.8. The van der Waals surface area contributed by atoms with Gasteiger partial charge in [0.2, 0.25) is 0 Å². The second-order valence-electron chi connectivity index (χ2n) is 3.43. The van der Waals surface area contributed by atoms with E-state index in [4.69, 9.17) is 9.47 Å². The Kier molecular flexibility index (Phi) is 4.75. The van der Waals surface area contributed by atoms with Gasteiger partial charge < -0.3 is 14.6 Å². The van der Waals surface area contributed by atoms with Crippen LogP contribution >= 0.6 is 0 Å². The summed E-state index contributed by atoms with van der Waals surface area (Å²) in [5.74, 6) is -1.56. The van der Waals surface area contributed by atoms with E-state index in [9.17, 15) is 14.3 Å². The van der Waals surface area contributed by atoms with Gasteiger partial charge >= 0.3 is 5.97 Å². The third-order valence-electron chi connectivity index (χ3n) is 2.23. The van der Waals surface area contributed by atoms with E-state index in [2.05, 4.69) is 0 Å². The molecule has 0 saturated carbocycles. The lowest BCUT2D eigenvalue weighted by molar-refractivity contribution is -0.143. The monoisotopic (exact) mass is 242 g/mol. The van der Waals surface area contributed by atoms with Crippen molar-refractivity contribution in [2.75, 3.05) is 13.7 Å². The van der Waals surface area contributed by atoms with Crippen molar-refractivity contribution in [3.05, 3.63) is 23.5 Å². The standard InChI is InChI=1S/C12H15FO4/c1-3-17-11(14)5-4-8-6-9(13)12(15)10(7-8)16-2/h6-7,15H,3-5H2,1-2H3. The second-order valence-corrected chi connectivity index (χ2v) is 3.43. The fraction of sp³-hybridized carbons (Fsp3) is 0.417. The van der Waals surface area contributed by atoms with Crippen LogP contribution in [0.5, 0.6) is 11.5 Å². The van der Waals surface area contributed by atoms with Crippen LogP contribution in [0.2, 0.25) is 0 Å². The van der Waals surface area contributed by atoms with Gasteiger partial charge in [0, 0.05) is 6.42 Å². The highest BCUT2D eigenvalue weighted by molar-refractivity contribution is 5.69. The summed E-state index contributed by atoms with van der Waals surface area (Å²) in [6.45, 7) is 2.05. The molecule has 1 rings (SSSR count). The fourth-order valence-corrected chi connectivity index (χ4v) is 1.41. The van der Waals surface area contributed by atoms with Crippen molar-refractivity contribution in [3.63, 3.8) is 0 Å². The van der Waals surface area contributed by atoms with Crippen molar-refractivity contribution < 1.29 is 23.8 Å². The third-order valence-corrected chi connectivity index (χ3v) is 2.23. The third kappa shape index (κ3) is 3.62. The van der Waals surface area contributed by atoms with Gasteiger partial charge in [0.25, 0.3) is 0 Å². The molecular weight excluding hydrogens is 227 g/mol. The van der Waals surface area contributed by atoms with Crippen LogP contribution in [0, 0.1) is 5.82 Å². The van der Waals surface area contributed by atoms with Crippen LogP contribution in [-0.2, 0) is 16.0 Å². The number of methoxy groups -OCH3 is 1. The van der Waals surface area contributed by atoms with Crippen molar-refractivity contribution in [1.82, 2.24) is 0 Å². The van der Waals surface area contributed by atoms with Crippen LogP contribution in [-0.4, -0.2) is 24.8 Å². The minimum absolute atomic E-state index is 0.0591. The first-order chi connectivity index (χ1) is 8.08. The van der Waals surface area contributed by atoms with E-state index in [-0.39, 0.29) is 18.1 Å². The highest BCUT2D eigenvalue weighted by atomic mass is 19.1. The van der Waals surface area contributed by atoms with E-state index in [1.165, 1.54) is 19.2 Å². The SMILES string of the molecule is CCOC(=O)CCc1cc(F)c(O)c(OC)c1. The molecule has 0 aliphatic carbocycles. The van der Waals surface area contributed by atoms with E-state index in [1.807, 2.05) is 0 Å². The Morgan fingerprint density at radius 3 is 2.76 bits per heavy atom. The zero-order valence-corrected chi connectivity index (χ0v) is 9.83. The number of aromatic hydroxyl groups is 1. The number of carbonyl (C=O) groups is 1. The Balaban J connectivity index is 2.72. The van der Waals surface area contributed by atoms with Crippen LogP contribution in [0.1, 0.15) is 18.9 Å². The Morgan fingerprint density at radius 1 is 1.47 bits per heavy atom. The predicted molar refractivity (Wildman–Crippen MR) is 59.6 cm³/mol. The molecule has 0 bridgehead atoms. The first-order valence-electron chi connectivity index (χ1n) is 5.29. The normalized spacial score (nSPS) is 10.1. The molecule has 0 fully saturated rings. The summed E-state index contributed by atoms with van der Waals surface area (Å²) in [7, 11) is 1.34. The number of phenolic OH excluding ortho intramolecular Hbond substituents is 1. The molecule has 0 heterocycles. The number of halogens is 1. The van der Waals surface area contributed by atoms with Crippen LogP contribution in [0.25, 0.3) is 0 Å². The van der Waals surface area contributed by atoms with E-state index in [1.54, 1.807) is 6.92 Å². The molecule has 17 heavy (non-hydrogen) atoms. The first kappa shape index (κ1) is 13.3. The van der Waals surface area contributed by atoms with Gasteiger partial charge in [-0.3, -0.25) is 4.79 Å². The lowest BCUT2D eigenvalue weighted by Crippen LogP contribution is -2.05. The highest BCUT2D eigenvalue weighted by Gasteiger charge is 2.11. The maximum Gasteiger partial charge on any atom is 0.306 e. The van der Waals surface area contributed by atoms with Gasteiger partial charge in [-0.1, -0.05) is 0 Å². The number of benzene rings is 1. The Hall–Kier alpha value is -1.78. The first-order valence-corrected chi connectivity index (χ1v) is 5.29. The molecule has 5 heteroatoms. The smallest absolute Gasteiger partial charge is 0.306 e. The summed E-state index contributed by atoms with van der Waals surface area (Å²) in [5, 5.41) is 9.29. The summed E-state index contributed by atoms with van der Waals surface area (Å²) in [6, 6.07) is 2.68. The number of hydrogen-bond donors (Lipinski definition) is 1. The average molecular weight is 242 g/mol. The highest BCUT2D eigenvalue weighted by Crippen LogP contribution is 2.30. The molecule has 0 aliphatic rings. The van der Waals surface area contributed by atoms with Crippen LogP contribution in [0.3, 0.4) is 0 Å². The molecule has 1 aromatic carbocycles. The lowest BCUT2D eigenvalue weighted by Gasteiger charge is -2.07. The van der Waals surface area contributed by atoms with E-state index < -0.39 is 11.6 Å². The molecule has 1 aromatic rings. The molecule has 94 valence electrons. The van der Waals surface area contributed by atoms with Crippen LogP contribution in [0.4, 0.5) is 4.39 Å². The minimum atomic E-state index is -0.761. The molecule has 0 saturated heterocycles. The zero-order valence-electron chi connectivity index (χ0n) is 9.83. The van der Waals surface area contributed by atoms with E-state index in [0.29, 0.717) is 18.6 Å². The Morgan fingerprint density at radius 2 is 2.18 bits per heavy atom. The molecule has 4 nitrogen and oxygen atoms in total. The van der Waals surface area contributed by atoms with Crippen molar-refractivity contribution in [2.45, 2.75) is 19.8 Å². The van der Waals surface area contributed by atoms with Crippen molar-refractivity contribution >= 4 is 5.97 Å². The molecule has 0 aliphatic heterocycles. The Labute approximate surface area is 99.0 Å². The van der Waals surface area contributed by atoms with E-state index in [0.717, 1.165) is 0 Å². The molecule has 0 aromatic heterocycles. The summed E-state index contributed by atoms with van der Waals surface area (Å²) in [5.41, 5.74) is 0.574. The van der Waals surface area contributed by atoms with Gasteiger partial charge in [0.1, 0.15) is 0 Å². The van der Waals surface area contributed by atoms with Gasteiger partial charge in [-0.15, -0.1) is 0 Å². The molecule has 0 amide bonds. The largest absolute Gasteiger partial charge is 0.502 e. The topological polar surface area (TPSA) is 55.8 Å². The molecule has 0 spiro atoms. The predicted octanol–water partition coefficient (Wildman–Crippen LogP) is 2.04. The van der Waals surface area contributed by atoms with Crippen molar-refractivity contribution in [2.24, 2.45) is 0 Å². The number of ether oxygens (including phenoxy) is 2. The molecule has 1 N–H and O–H groups in total. The van der Waals surface area contributed by atoms with Gasteiger partial charge in [-0.2, -0.15) is 0 Å². The van der Waals surface area contributed by atoms with E-state index >= 15 is 0 Å². The number of rotatable bonds is 5. The minimum Gasteiger partial charge on any atom is -0.502 e. The maximum atomic E-state index is 13.3. The van der Waals surface area contributed by atoms with Crippen LogP contribution < -0.4 is 4.74 Å². The zero-order chi connectivity index (χ0) is 12.8. The molecule has 0 unspecified atom stereocenters.